The van der Waals surface area contributed by atoms with Crippen LogP contribution in [-0.4, -0.2) is 26.2 Å². The van der Waals surface area contributed by atoms with Crippen molar-refractivity contribution >= 4 is 17.2 Å². The van der Waals surface area contributed by atoms with Crippen molar-refractivity contribution in [3.8, 4) is 5.75 Å². The zero-order chi connectivity index (χ0) is 14.7. The second-order valence-electron chi connectivity index (χ2n) is 4.71. The van der Waals surface area contributed by atoms with Gasteiger partial charge in [0.25, 0.3) is 0 Å². The van der Waals surface area contributed by atoms with Gasteiger partial charge in [-0.25, -0.2) is 0 Å². The van der Waals surface area contributed by atoms with E-state index in [1.807, 2.05) is 28.8 Å². The highest BCUT2D eigenvalue weighted by Crippen LogP contribution is 2.24. The first-order valence-electron chi connectivity index (χ1n) is 6.71. The highest BCUT2D eigenvalue weighted by Gasteiger charge is 2.07. The Hall–Kier alpha value is -2.11. The van der Waals surface area contributed by atoms with Gasteiger partial charge in [0.2, 0.25) is 0 Å². The number of phenols is 1. The molecule has 0 amide bonds. The van der Waals surface area contributed by atoms with Gasteiger partial charge in [-0.2, -0.15) is 0 Å². The third-order valence-corrected chi connectivity index (χ3v) is 3.66. The first-order valence-corrected chi connectivity index (χ1v) is 7.09. The fourth-order valence-electron chi connectivity index (χ4n) is 2.20. The molecular formula is C15H15ClN4O. The van der Waals surface area contributed by atoms with E-state index in [-0.39, 0.29) is 5.75 Å². The topological polar surface area (TPSA) is 62.5 Å². The van der Waals surface area contributed by atoms with E-state index in [1.165, 1.54) is 0 Å². The summed E-state index contributed by atoms with van der Waals surface area (Å²) >= 11 is 6.06. The molecule has 0 unspecified atom stereocenters. The predicted molar refractivity (Wildman–Crippen MR) is 81.5 cm³/mol. The molecule has 0 spiro atoms. The Morgan fingerprint density at radius 1 is 1.14 bits per heavy atom. The molecule has 6 heteroatoms. The molecule has 21 heavy (non-hydrogen) atoms. The van der Waals surface area contributed by atoms with Gasteiger partial charge in [0.1, 0.15) is 11.6 Å². The van der Waals surface area contributed by atoms with E-state index in [0.29, 0.717) is 17.1 Å². The van der Waals surface area contributed by atoms with Crippen LogP contribution in [0.25, 0.3) is 5.65 Å². The standard InChI is InChI=1S/C15H15ClN4O/c16-12-4-3-5-13(21)11(12)10-17-8-7-15-19-18-14-6-1-2-9-20(14)15/h1-6,9,17,21H,7-8,10H2. The quantitative estimate of drug-likeness (QED) is 0.711. The Bertz CT molecular complexity index is 736. The number of benzene rings is 1. The molecule has 3 rings (SSSR count). The summed E-state index contributed by atoms with van der Waals surface area (Å²) in [6.07, 6.45) is 2.70. The highest BCUT2D eigenvalue weighted by atomic mass is 35.5. The number of phenolic OH excluding ortho intramolecular Hbond substituents is 1. The van der Waals surface area contributed by atoms with Crippen molar-refractivity contribution in [1.82, 2.24) is 19.9 Å². The lowest BCUT2D eigenvalue weighted by atomic mass is 10.2. The first kappa shape index (κ1) is 13.9. The molecule has 0 saturated heterocycles. The van der Waals surface area contributed by atoms with Crippen LogP contribution in [0.1, 0.15) is 11.4 Å². The Kier molecular flexibility index (Phi) is 4.03. The van der Waals surface area contributed by atoms with E-state index in [4.69, 9.17) is 11.6 Å². The molecule has 0 aliphatic rings. The van der Waals surface area contributed by atoms with Crippen molar-refractivity contribution in [3.05, 3.63) is 59.0 Å². The van der Waals surface area contributed by atoms with Crippen molar-refractivity contribution in [1.29, 1.82) is 0 Å². The Labute approximate surface area is 127 Å². The van der Waals surface area contributed by atoms with Gasteiger partial charge in [0.15, 0.2) is 5.65 Å². The second-order valence-corrected chi connectivity index (χ2v) is 5.12. The molecular weight excluding hydrogens is 288 g/mol. The van der Waals surface area contributed by atoms with Crippen LogP contribution in [-0.2, 0) is 13.0 Å². The average molecular weight is 303 g/mol. The lowest BCUT2D eigenvalue weighted by Gasteiger charge is -2.08. The van der Waals surface area contributed by atoms with Crippen LogP contribution in [0.5, 0.6) is 5.75 Å². The zero-order valence-electron chi connectivity index (χ0n) is 11.3. The molecule has 0 aliphatic carbocycles. The van der Waals surface area contributed by atoms with Gasteiger partial charge < -0.3 is 10.4 Å². The van der Waals surface area contributed by atoms with Crippen LogP contribution in [0, 0.1) is 0 Å². The minimum atomic E-state index is 0.211. The second kappa shape index (κ2) is 6.11. The van der Waals surface area contributed by atoms with Gasteiger partial charge in [-0.15, -0.1) is 10.2 Å². The van der Waals surface area contributed by atoms with Crippen molar-refractivity contribution in [2.75, 3.05) is 6.54 Å². The average Bonchev–Trinajstić information content (AvgIpc) is 2.89. The van der Waals surface area contributed by atoms with E-state index < -0.39 is 0 Å². The van der Waals surface area contributed by atoms with E-state index in [9.17, 15) is 5.11 Å². The third kappa shape index (κ3) is 2.99. The van der Waals surface area contributed by atoms with Gasteiger partial charge in [0.05, 0.1) is 0 Å². The minimum Gasteiger partial charge on any atom is -0.508 e. The molecule has 2 N–H and O–H groups in total. The number of hydrogen-bond acceptors (Lipinski definition) is 4. The molecule has 3 aromatic rings. The molecule has 0 atom stereocenters. The summed E-state index contributed by atoms with van der Waals surface area (Å²) < 4.78 is 1.97. The summed E-state index contributed by atoms with van der Waals surface area (Å²) in [5.74, 6) is 1.12. The van der Waals surface area contributed by atoms with E-state index >= 15 is 0 Å². The van der Waals surface area contributed by atoms with Crippen LogP contribution >= 0.6 is 11.6 Å². The van der Waals surface area contributed by atoms with E-state index in [0.717, 1.165) is 24.4 Å². The largest absolute Gasteiger partial charge is 0.508 e. The van der Waals surface area contributed by atoms with E-state index in [1.54, 1.807) is 18.2 Å². The third-order valence-electron chi connectivity index (χ3n) is 3.31. The van der Waals surface area contributed by atoms with Gasteiger partial charge in [-0.1, -0.05) is 23.7 Å². The number of hydrogen-bond donors (Lipinski definition) is 2. The molecule has 5 nitrogen and oxygen atoms in total. The molecule has 2 aromatic heterocycles. The summed E-state index contributed by atoms with van der Waals surface area (Å²) in [5.41, 5.74) is 1.56. The first-order chi connectivity index (χ1) is 10.3. The number of aromatic hydroxyl groups is 1. The molecule has 0 bridgehead atoms. The number of nitrogens with one attached hydrogen (secondary N) is 1. The smallest absolute Gasteiger partial charge is 0.160 e. The maximum absolute atomic E-state index is 9.77. The number of aromatic nitrogens is 3. The summed E-state index contributed by atoms with van der Waals surface area (Å²) in [6, 6.07) is 10.9. The molecule has 108 valence electrons. The Balaban J connectivity index is 1.59. The maximum Gasteiger partial charge on any atom is 0.160 e. The van der Waals surface area contributed by atoms with Crippen LogP contribution in [0.15, 0.2) is 42.6 Å². The van der Waals surface area contributed by atoms with Crippen molar-refractivity contribution in [3.63, 3.8) is 0 Å². The number of rotatable bonds is 5. The maximum atomic E-state index is 9.77. The van der Waals surface area contributed by atoms with Gasteiger partial charge in [-0.05, 0) is 24.3 Å². The molecule has 0 aliphatic heterocycles. The fraction of sp³-hybridized carbons (Fsp3) is 0.200. The molecule has 0 saturated carbocycles. The van der Waals surface area contributed by atoms with Crippen molar-refractivity contribution in [2.45, 2.75) is 13.0 Å². The molecule has 0 radical (unpaired) electrons. The van der Waals surface area contributed by atoms with Crippen LogP contribution in [0.3, 0.4) is 0 Å². The summed E-state index contributed by atoms with van der Waals surface area (Å²) in [4.78, 5) is 0. The van der Waals surface area contributed by atoms with Crippen LogP contribution in [0.4, 0.5) is 0 Å². The minimum absolute atomic E-state index is 0.211. The summed E-state index contributed by atoms with van der Waals surface area (Å²) in [5, 5.41) is 21.9. The van der Waals surface area contributed by atoms with Gasteiger partial charge in [-0.3, -0.25) is 4.40 Å². The van der Waals surface area contributed by atoms with E-state index in [2.05, 4.69) is 15.5 Å². The number of pyridine rings is 1. The summed E-state index contributed by atoms with van der Waals surface area (Å²) in [7, 11) is 0. The monoisotopic (exact) mass is 302 g/mol. The molecule has 1 aromatic carbocycles. The predicted octanol–water partition coefficient (Wildman–Crippen LogP) is 2.42. The highest BCUT2D eigenvalue weighted by molar-refractivity contribution is 6.31. The number of nitrogens with zero attached hydrogens (tertiary/aromatic N) is 3. The van der Waals surface area contributed by atoms with Crippen LogP contribution in [0.2, 0.25) is 5.02 Å². The van der Waals surface area contributed by atoms with Crippen molar-refractivity contribution < 1.29 is 5.11 Å². The number of fused-ring (bicyclic) bond motifs is 1. The fourth-order valence-corrected chi connectivity index (χ4v) is 2.43. The molecule has 2 heterocycles. The van der Waals surface area contributed by atoms with Gasteiger partial charge >= 0.3 is 0 Å². The van der Waals surface area contributed by atoms with Crippen LogP contribution < -0.4 is 5.32 Å². The Morgan fingerprint density at radius 2 is 2.05 bits per heavy atom. The van der Waals surface area contributed by atoms with Gasteiger partial charge in [0, 0.05) is 36.3 Å². The van der Waals surface area contributed by atoms with Crippen molar-refractivity contribution in [2.24, 2.45) is 0 Å². The normalized spacial score (nSPS) is 11.1. The lowest BCUT2D eigenvalue weighted by molar-refractivity contribution is 0.464. The number of halogens is 1. The summed E-state index contributed by atoms with van der Waals surface area (Å²) in [6.45, 7) is 1.24. The SMILES string of the molecule is Oc1cccc(Cl)c1CNCCc1nnc2ccccn12. The Morgan fingerprint density at radius 3 is 2.90 bits per heavy atom. The zero-order valence-corrected chi connectivity index (χ0v) is 12.1. The molecule has 0 fully saturated rings. The lowest BCUT2D eigenvalue weighted by Crippen LogP contribution is -2.18.